The van der Waals surface area contributed by atoms with Gasteiger partial charge in [-0.05, 0) is 13.0 Å². The van der Waals surface area contributed by atoms with E-state index in [4.69, 9.17) is 21.8 Å². The minimum absolute atomic E-state index is 0.435. The zero-order valence-corrected chi connectivity index (χ0v) is 9.45. The first-order chi connectivity index (χ1) is 7.65. The Hall–Kier alpha value is -1.75. The molecule has 0 fully saturated rings. The second-order valence-corrected chi connectivity index (χ2v) is 3.72. The van der Waals surface area contributed by atoms with Crippen LogP contribution in [0.25, 0.3) is 0 Å². The molecule has 16 heavy (non-hydrogen) atoms. The second kappa shape index (κ2) is 4.40. The van der Waals surface area contributed by atoms with E-state index in [2.05, 4.69) is 15.3 Å². The summed E-state index contributed by atoms with van der Waals surface area (Å²) in [4.78, 5) is 8.12. The first-order valence-electron chi connectivity index (χ1n) is 4.71. The van der Waals surface area contributed by atoms with Crippen LogP contribution in [0.15, 0.2) is 22.9 Å². The number of nitrogens with two attached hydrogens (primary N) is 1. The number of aryl methyl sites for hydroxylation is 1. The van der Waals surface area contributed by atoms with Crippen LogP contribution in [0.4, 0.5) is 11.5 Å². The quantitative estimate of drug-likeness (QED) is 0.858. The summed E-state index contributed by atoms with van der Waals surface area (Å²) in [5.41, 5.74) is 6.06. The van der Waals surface area contributed by atoms with Crippen LogP contribution in [0.5, 0.6) is 0 Å². The lowest BCUT2D eigenvalue weighted by atomic mass is 10.4. The Morgan fingerprint density at radius 1 is 1.44 bits per heavy atom. The molecule has 6 heteroatoms. The van der Waals surface area contributed by atoms with Gasteiger partial charge in [-0.25, -0.2) is 9.97 Å². The van der Waals surface area contributed by atoms with Crippen LogP contribution < -0.4 is 11.1 Å². The molecule has 5 nitrogen and oxygen atoms in total. The van der Waals surface area contributed by atoms with Crippen LogP contribution in [0.2, 0.25) is 5.02 Å². The van der Waals surface area contributed by atoms with Gasteiger partial charge in [0.05, 0.1) is 29.6 Å². The van der Waals surface area contributed by atoms with Crippen LogP contribution in [0.1, 0.15) is 11.7 Å². The molecule has 2 heterocycles. The van der Waals surface area contributed by atoms with Gasteiger partial charge < -0.3 is 15.5 Å². The molecule has 0 saturated carbocycles. The van der Waals surface area contributed by atoms with Gasteiger partial charge in [0.2, 0.25) is 5.89 Å². The predicted molar refractivity (Wildman–Crippen MR) is 62.2 cm³/mol. The molecular formula is C10H11ClN4O. The molecule has 0 radical (unpaired) electrons. The fraction of sp³-hybridized carbons (Fsp3) is 0.200. The topological polar surface area (TPSA) is 77.0 Å². The van der Waals surface area contributed by atoms with Gasteiger partial charge >= 0.3 is 0 Å². The van der Waals surface area contributed by atoms with Crippen LogP contribution >= 0.6 is 11.6 Å². The zero-order valence-electron chi connectivity index (χ0n) is 8.70. The van der Waals surface area contributed by atoms with Gasteiger partial charge in [0.25, 0.3) is 0 Å². The van der Waals surface area contributed by atoms with Crippen molar-refractivity contribution in [1.82, 2.24) is 9.97 Å². The van der Waals surface area contributed by atoms with Gasteiger partial charge in [0.1, 0.15) is 11.6 Å². The zero-order chi connectivity index (χ0) is 11.5. The van der Waals surface area contributed by atoms with E-state index < -0.39 is 0 Å². The molecule has 0 bridgehead atoms. The monoisotopic (exact) mass is 238 g/mol. The molecule has 2 aromatic rings. The highest BCUT2D eigenvalue weighted by atomic mass is 35.5. The molecule has 0 amide bonds. The van der Waals surface area contributed by atoms with Crippen molar-refractivity contribution in [3.05, 3.63) is 35.1 Å². The summed E-state index contributed by atoms with van der Waals surface area (Å²) >= 11 is 5.94. The molecule has 0 atom stereocenters. The molecule has 0 saturated heterocycles. The van der Waals surface area contributed by atoms with E-state index in [1.165, 1.54) is 6.20 Å². The minimum atomic E-state index is 0.435. The normalized spacial score (nSPS) is 10.4. The lowest BCUT2D eigenvalue weighted by Crippen LogP contribution is -2.02. The van der Waals surface area contributed by atoms with Gasteiger partial charge in [-0.1, -0.05) is 11.6 Å². The van der Waals surface area contributed by atoms with Crippen LogP contribution in [0.3, 0.4) is 0 Å². The number of oxazole rings is 1. The lowest BCUT2D eigenvalue weighted by molar-refractivity contribution is 0.479. The molecular weight excluding hydrogens is 228 g/mol. The van der Waals surface area contributed by atoms with Crippen molar-refractivity contribution in [2.75, 3.05) is 11.1 Å². The van der Waals surface area contributed by atoms with E-state index in [-0.39, 0.29) is 0 Å². The Kier molecular flexibility index (Phi) is 2.96. The number of hydrogen-bond acceptors (Lipinski definition) is 5. The summed E-state index contributed by atoms with van der Waals surface area (Å²) in [6, 6.07) is 1.64. The van der Waals surface area contributed by atoms with Crippen molar-refractivity contribution < 1.29 is 4.42 Å². The third kappa shape index (κ3) is 2.43. The van der Waals surface area contributed by atoms with E-state index in [0.717, 1.165) is 5.76 Å². The highest BCUT2D eigenvalue weighted by Crippen LogP contribution is 2.21. The Labute approximate surface area is 97.6 Å². The average Bonchev–Trinajstić information content (AvgIpc) is 2.63. The number of nitrogens with zero attached hydrogens (tertiary/aromatic N) is 2. The Bertz CT molecular complexity index is 497. The van der Waals surface area contributed by atoms with Gasteiger partial charge in [0.15, 0.2) is 0 Å². The fourth-order valence-corrected chi connectivity index (χ4v) is 1.47. The van der Waals surface area contributed by atoms with E-state index in [1.54, 1.807) is 12.3 Å². The van der Waals surface area contributed by atoms with E-state index in [1.807, 2.05) is 6.92 Å². The SMILES string of the molecule is Cc1cnc(CNc2ncc(N)cc2Cl)o1. The molecule has 2 rings (SSSR count). The molecule has 84 valence electrons. The van der Waals surface area contributed by atoms with E-state index in [0.29, 0.717) is 29.0 Å². The third-order valence-corrected chi connectivity index (χ3v) is 2.23. The Balaban J connectivity index is 2.04. The minimum Gasteiger partial charge on any atom is -0.444 e. The largest absolute Gasteiger partial charge is 0.444 e. The number of nitrogens with one attached hydrogen (secondary N) is 1. The van der Waals surface area contributed by atoms with Crippen molar-refractivity contribution in [3.8, 4) is 0 Å². The summed E-state index contributed by atoms with van der Waals surface area (Å²) in [5, 5.41) is 3.49. The predicted octanol–water partition coefficient (Wildman–Crippen LogP) is 2.23. The first-order valence-corrected chi connectivity index (χ1v) is 5.09. The summed E-state index contributed by atoms with van der Waals surface area (Å²) in [6.45, 7) is 2.27. The van der Waals surface area contributed by atoms with Gasteiger partial charge in [-0.2, -0.15) is 0 Å². The van der Waals surface area contributed by atoms with E-state index >= 15 is 0 Å². The number of halogens is 1. The van der Waals surface area contributed by atoms with E-state index in [9.17, 15) is 0 Å². The summed E-state index contributed by atoms with van der Waals surface area (Å²) < 4.78 is 5.30. The maximum absolute atomic E-state index is 5.94. The van der Waals surface area contributed by atoms with Crippen molar-refractivity contribution >= 4 is 23.1 Å². The number of anilines is 2. The highest BCUT2D eigenvalue weighted by molar-refractivity contribution is 6.33. The molecule has 0 aliphatic rings. The lowest BCUT2D eigenvalue weighted by Gasteiger charge is -2.05. The number of nitrogen functional groups attached to an aromatic ring is 1. The first kappa shape index (κ1) is 10.8. The van der Waals surface area contributed by atoms with Crippen molar-refractivity contribution in [1.29, 1.82) is 0 Å². The summed E-state index contributed by atoms with van der Waals surface area (Å²) in [5.74, 6) is 1.92. The number of pyridine rings is 1. The standard InChI is InChI=1S/C10H11ClN4O/c1-6-3-13-9(16-6)5-15-10-8(11)2-7(12)4-14-10/h2-4H,5,12H2,1H3,(H,14,15). The summed E-state index contributed by atoms with van der Waals surface area (Å²) in [7, 11) is 0. The van der Waals surface area contributed by atoms with Crippen molar-refractivity contribution in [2.24, 2.45) is 0 Å². The molecule has 0 spiro atoms. The smallest absolute Gasteiger partial charge is 0.213 e. The molecule has 2 aromatic heterocycles. The second-order valence-electron chi connectivity index (χ2n) is 3.32. The van der Waals surface area contributed by atoms with Gasteiger partial charge in [-0.15, -0.1) is 0 Å². The fourth-order valence-electron chi connectivity index (χ4n) is 1.23. The van der Waals surface area contributed by atoms with Crippen LogP contribution in [-0.4, -0.2) is 9.97 Å². The van der Waals surface area contributed by atoms with Crippen molar-refractivity contribution in [2.45, 2.75) is 13.5 Å². The summed E-state index contributed by atoms with van der Waals surface area (Å²) in [6.07, 6.45) is 3.20. The Morgan fingerprint density at radius 2 is 2.25 bits per heavy atom. The maximum Gasteiger partial charge on any atom is 0.213 e. The van der Waals surface area contributed by atoms with Crippen LogP contribution in [0, 0.1) is 6.92 Å². The number of aromatic nitrogens is 2. The maximum atomic E-state index is 5.94. The Morgan fingerprint density at radius 3 is 2.88 bits per heavy atom. The van der Waals surface area contributed by atoms with Crippen molar-refractivity contribution in [3.63, 3.8) is 0 Å². The molecule has 0 aliphatic carbocycles. The number of hydrogen-bond donors (Lipinski definition) is 2. The third-order valence-electron chi connectivity index (χ3n) is 1.94. The van der Waals surface area contributed by atoms with Gasteiger partial charge in [0, 0.05) is 0 Å². The molecule has 3 N–H and O–H groups in total. The average molecular weight is 239 g/mol. The molecule has 0 aliphatic heterocycles. The number of rotatable bonds is 3. The molecule has 0 aromatic carbocycles. The highest BCUT2D eigenvalue weighted by Gasteiger charge is 2.04. The van der Waals surface area contributed by atoms with Crippen LogP contribution in [-0.2, 0) is 6.54 Å². The van der Waals surface area contributed by atoms with Gasteiger partial charge in [-0.3, -0.25) is 0 Å². The molecule has 0 unspecified atom stereocenters.